The Hall–Kier alpha value is -1.95. The van der Waals surface area contributed by atoms with Gasteiger partial charge >= 0.3 is 6.03 Å². The van der Waals surface area contributed by atoms with E-state index in [-0.39, 0.29) is 18.9 Å². The fourth-order valence-electron chi connectivity index (χ4n) is 2.12. The van der Waals surface area contributed by atoms with Crippen molar-refractivity contribution in [2.75, 3.05) is 20.0 Å². The number of benzene rings is 1. The van der Waals surface area contributed by atoms with E-state index in [0.29, 0.717) is 19.8 Å². The van der Waals surface area contributed by atoms with Gasteiger partial charge in [0, 0.05) is 13.2 Å². The highest BCUT2D eigenvalue weighted by Crippen LogP contribution is 2.32. The smallest absolute Gasteiger partial charge is 0.315 e. The lowest BCUT2D eigenvalue weighted by molar-refractivity contribution is 0.174. The summed E-state index contributed by atoms with van der Waals surface area (Å²) in [6.07, 6.45) is 0.872. The molecular formula is C13H16N2O4. The van der Waals surface area contributed by atoms with Gasteiger partial charge in [-0.05, 0) is 24.1 Å². The maximum absolute atomic E-state index is 11.7. The van der Waals surface area contributed by atoms with Crippen LogP contribution in [0.3, 0.4) is 0 Å². The second-order valence-electron chi connectivity index (χ2n) is 4.58. The first kappa shape index (κ1) is 12.1. The van der Waals surface area contributed by atoms with E-state index in [1.807, 2.05) is 18.2 Å². The molecule has 2 aliphatic heterocycles. The first-order valence-electron chi connectivity index (χ1n) is 6.32. The van der Waals surface area contributed by atoms with Gasteiger partial charge in [0.15, 0.2) is 11.5 Å². The highest BCUT2D eigenvalue weighted by molar-refractivity contribution is 5.74. The molecule has 0 aliphatic carbocycles. The minimum absolute atomic E-state index is 0.122. The van der Waals surface area contributed by atoms with Crippen LogP contribution < -0.4 is 20.1 Å². The number of amides is 2. The van der Waals surface area contributed by atoms with Crippen LogP contribution in [0.4, 0.5) is 4.79 Å². The van der Waals surface area contributed by atoms with E-state index in [1.165, 1.54) is 0 Å². The third-order valence-electron chi connectivity index (χ3n) is 3.15. The average molecular weight is 264 g/mol. The molecule has 0 saturated carbocycles. The fraction of sp³-hybridized carbons (Fsp3) is 0.462. The number of carbonyl (C=O) groups is 1. The molecule has 1 fully saturated rings. The van der Waals surface area contributed by atoms with E-state index in [1.54, 1.807) is 0 Å². The van der Waals surface area contributed by atoms with E-state index in [0.717, 1.165) is 23.5 Å². The number of ether oxygens (including phenoxy) is 3. The van der Waals surface area contributed by atoms with E-state index >= 15 is 0 Å². The summed E-state index contributed by atoms with van der Waals surface area (Å²) in [6.45, 7) is 2.02. The quantitative estimate of drug-likeness (QED) is 0.854. The highest BCUT2D eigenvalue weighted by atomic mass is 16.7. The zero-order valence-electron chi connectivity index (χ0n) is 10.5. The number of hydrogen-bond acceptors (Lipinski definition) is 4. The third kappa shape index (κ3) is 2.90. The van der Waals surface area contributed by atoms with Gasteiger partial charge in [-0.3, -0.25) is 0 Å². The number of carbonyl (C=O) groups excluding carboxylic acids is 1. The molecule has 2 amide bonds. The topological polar surface area (TPSA) is 68.8 Å². The van der Waals surface area contributed by atoms with Crippen molar-refractivity contribution in [2.24, 2.45) is 0 Å². The van der Waals surface area contributed by atoms with Crippen LogP contribution in [0.5, 0.6) is 11.5 Å². The van der Waals surface area contributed by atoms with Crippen LogP contribution in [0, 0.1) is 0 Å². The Bertz CT molecular complexity index is 472. The normalized spacial score (nSPS) is 20.3. The van der Waals surface area contributed by atoms with Crippen molar-refractivity contribution in [3.63, 3.8) is 0 Å². The van der Waals surface area contributed by atoms with E-state index < -0.39 is 0 Å². The number of nitrogens with one attached hydrogen (secondary N) is 2. The molecule has 6 heteroatoms. The lowest BCUT2D eigenvalue weighted by Crippen LogP contribution is -2.42. The molecule has 1 aromatic rings. The zero-order valence-corrected chi connectivity index (χ0v) is 10.5. The van der Waals surface area contributed by atoms with Crippen LogP contribution in [0.1, 0.15) is 12.0 Å². The average Bonchev–Trinajstić information content (AvgIpc) is 3.06. The number of urea groups is 1. The molecule has 1 unspecified atom stereocenters. The predicted molar refractivity (Wildman–Crippen MR) is 67.2 cm³/mol. The van der Waals surface area contributed by atoms with Crippen molar-refractivity contribution in [1.29, 1.82) is 0 Å². The van der Waals surface area contributed by atoms with Crippen molar-refractivity contribution in [1.82, 2.24) is 10.6 Å². The molecule has 0 aromatic heterocycles. The maximum Gasteiger partial charge on any atom is 0.315 e. The Morgan fingerprint density at radius 1 is 1.32 bits per heavy atom. The highest BCUT2D eigenvalue weighted by Gasteiger charge is 2.18. The molecule has 3 rings (SSSR count). The summed E-state index contributed by atoms with van der Waals surface area (Å²) >= 11 is 0. The minimum Gasteiger partial charge on any atom is -0.454 e. The summed E-state index contributed by atoms with van der Waals surface area (Å²) in [5, 5.41) is 5.69. The van der Waals surface area contributed by atoms with Gasteiger partial charge < -0.3 is 24.8 Å². The molecule has 19 heavy (non-hydrogen) atoms. The van der Waals surface area contributed by atoms with Crippen LogP contribution in [-0.2, 0) is 11.3 Å². The van der Waals surface area contributed by atoms with Gasteiger partial charge in [0.25, 0.3) is 0 Å². The second-order valence-corrected chi connectivity index (χ2v) is 4.58. The molecule has 0 bridgehead atoms. The van der Waals surface area contributed by atoms with Gasteiger partial charge in [-0.25, -0.2) is 4.79 Å². The summed E-state index contributed by atoms with van der Waals surface area (Å²) in [5.41, 5.74) is 0.974. The summed E-state index contributed by atoms with van der Waals surface area (Å²) in [5.74, 6) is 1.47. The standard InChI is InChI=1S/C13H16N2O4/c16-13(15-10-3-4-17-7-10)14-6-9-1-2-11-12(5-9)19-8-18-11/h1-2,5,10H,3-4,6-8H2,(H2,14,15,16). The van der Waals surface area contributed by atoms with Crippen molar-refractivity contribution >= 4 is 6.03 Å². The summed E-state index contributed by atoms with van der Waals surface area (Å²) in [6, 6.07) is 5.58. The van der Waals surface area contributed by atoms with Crippen molar-refractivity contribution in [3.05, 3.63) is 23.8 Å². The van der Waals surface area contributed by atoms with E-state index in [2.05, 4.69) is 10.6 Å². The molecule has 2 heterocycles. The number of hydrogen-bond donors (Lipinski definition) is 2. The SMILES string of the molecule is O=C(NCc1ccc2c(c1)OCO2)NC1CCOC1. The molecular weight excluding hydrogens is 248 g/mol. The Morgan fingerprint density at radius 3 is 3.05 bits per heavy atom. The largest absolute Gasteiger partial charge is 0.454 e. The Kier molecular flexibility index (Phi) is 3.41. The van der Waals surface area contributed by atoms with Crippen molar-refractivity contribution in [2.45, 2.75) is 19.0 Å². The molecule has 1 atom stereocenters. The zero-order chi connectivity index (χ0) is 13.1. The minimum atomic E-state index is -0.173. The lowest BCUT2D eigenvalue weighted by atomic mass is 10.2. The van der Waals surface area contributed by atoms with Gasteiger partial charge in [0.1, 0.15) is 0 Å². The van der Waals surface area contributed by atoms with Crippen molar-refractivity contribution in [3.8, 4) is 11.5 Å². The van der Waals surface area contributed by atoms with E-state index in [4.69, 9.17) is 14.2 Å². The predicted octanol–water partition coefficient (Wildman–Crippen LogP) is 1.00. The van der Waals surface area contributed by atoms with Gasteiger partial charge in [-0.2, -0.15) is 0 Å². The third-order valence-corrected chi connectivity index (χ3v) is 3.15. The lowest BCUT2D eigenvalue weighted by Gasteiger charge is -2.12. The molecule has 6 nitrogen and oxygen atoms in total. The maximum atomic E-state index is 11.7. The second kappa shape index (κ2) is 5.36. The van der Waals surface area contributed by atoms with Crippen LogP contribution in [0.2, 0.25) is 0 Å². The Balaban J connectivity index is 1.50. The van der Waals surface area contributed by atoms with Gasteiger partial charge in [-0.15, -0.1) is 0 Å². The molecule has 0 radical (unpaired) electrons. The number of rotatable bonds is 3. The van der Waals surface area contributed by atoms with Crippen LogP contribution in [0.15, 0.2) is 18.2 Å². The Labute approximate surface area is 111 Å². The van der Waals surface area contributed by atoms with Gasteiger partial charge in [0.2, 0.25) is 6.79 Å². The molecule has 2 N–H and O–H groups in total. The van der Waals surface area contributed by atoms with Gasteiger partial charge in [0.05, 0.1) is 12.6 Å². The first-order valence-corrected chi connectivity index (χ1v) is 6.32. The first-order chi connectivity index (χ1) is 9.31. The Morgan fingerprint density at radius 2 is 2.21 bits per heavy atom. The fourth-order valence-corrected chi connectivity index (χ4v) is 2.12. The molecule has 1 aromatic carbocycles. The monoisotopic (exact) mass is 264 g/mol. The van der Waals surface area contributed by atoms with Crippen molar-refractivity contribution < 1.29 is 19.0 Å². The van der Waals surface area contributed by atoms with Crippen LogP contribution >= 0.6 is 0 Å². The summed E-state index contributed by atoms with van der Waals surface area (Å²) in [4.78, 5) is 11.7. The summed E-state index contributed by atoms with van der Waals surface area (Å²) in [7, 11) is 0. The van der Waals surface area contributed by atoms with Gasteiger partial charge in [-0.1, -0.05) is 6.07 Å². The number of fused-ring (bicyclic) bond motifs is 1. The molecule has 1 saturated heterocycles. The molecule has 102 valence electrons. The van der Waals surface area contributed by atoms with E-state index in [9.17, 15) is 4.79 Å². The summed E-state index contributed by atoms with van der Waals surface area (Å²) < 4.78 is 15.7. The van der Waals surface area contributed by atoms with Crippen LogP contribution in [-0.4, -0.2) is 32.1 Å². The molecule has 0 spiro atoms. The van der Waals surface area contributed by atoms with Crippen LogP contribution in [0.25, 0.3) is 0 Å². The molecule has 2 aliphatic rings.